The number of hydrogen-bond donors (Lipinski definition) is 1. The van der Waals surface area contributed by atoms with E-state index < -0.39 is 0 Å². The zero-order valence-corrected chi connectivity index (χ0v) is 9.78. The lowest BCUT2D eigenvalue weighted by molar-refractivity contribution is 0.883. The van der Waals surface area contributed by atoms with Crippen LogP contribution >= 0.6 is 11.6 Å². The van der Waals surface area contributed by atoms with Crippen LogP contribution in [-0.2, 0) is 0 Å². The van der Waals surface area contributed by atoms with Gasteiger partial charge in [-0.15, -0.1) is 0 Å². The lowest BCUT2D eigenvalue weighted by Gasteiger charge is -2.15. The van der Waals surface area contributed by atoms with Crippen LogP contribution in [0, 0.1) is 0 Å². The van der Waals surface area contributed by atoms with Gasteiger partial charge in [-0.25, -0.2) is 0 Å². The van der Waals surface area contributed by atoms with E-state index in [1.165, 1.54) is 5.56 Å². The van der Waals surface area contributed by atoms with Crippen molar-refractivity contribution in [1.82, 2.24) is 4.98 Å². The number of pyridine rings is 1. The number of halogens is 1. The summed E-state index contributed by atoms with van der Waals surface area (Å²) in [5.41, 5.74) is 2.22. The van der Waals surface area contributed by atoms with Crippen LogP contribution in [0.1, 0.15) is 18.5 Å². The Balaban J connectivity index is 2.09. The van der Waals surface area contributed by atoms with Gasteiger partial charge in [-0.2, -0.15) is 0 Å². The van der Waals surface area contributed by atoms with Crippen LogP contribution in [0.5, 0.6) is 0 Å². The summed E-state index contributed by atoms with van der Waals surface area (Å²) in [5, 5.41) is 4.13. The molecule has 1 aromatic heterocycles. The zero-order chi connectivity index (χ0) is 11.4. The molecule has 3 heteroatoms. The molecule has 16 heavy (non-hydrogen) atoms. The second kappa shape index (κ2) is 4.99. The van der Waals surface area contributed by atoms with Crippen molar-refractivity contribution >= 4 is 17.3 Å². The summed E-state index contributed by atoms with van der Waals surface area (Å²) in [7, 11) is 0. The molecule has 0 bridgehead atoms. The van der Waals surface area contributed by atoms with E-state index in [9.17, 15) is 0 Å². The van der Waals surface area contributed by atoms with Crippen molar-refractivity contribution in [3.8, 4) is 0 Å². The summed E-state index contributed by atoms with van der Waals surface area (Å²) in [6.45, 7) is 2.11. The highest BCUT2D eigenvalue weighted by atomic mass is 35.5. The van der Waals surface area contributed by atoms with Crippen molar-refractivity contribution in [2.24, 2.45) is 0 Å². The van der Waals surface area contributed by atoms with Crippen LogP contribution in [0.2, 0.25) is 5.02 Å². The molecule has 0 saturated heterocycles. The van der Waals surface area contributed by atoms with Crippen LogP contribution in [0.4, 0.5) is 5.69 Å². The van der Waals surface area contributed by atoms with E-state index in [-0.39, 0.29) is 6.04 Å². The summed E-state index contributed by atoms with van der Waals surface area (Å²) in [6, 6.07) is 12.0. The smallest absolute Gasteiger partial charge is 0.0531 e. The van der Waals surface area contributed by atoms with Crippen LogP contribution in [-0.4, -0.2) is 4.98 Å². The molecule has 0 radical (unpaired) electrons. The van der Waals surface area contributed by atoms with Gasteiger partial charge in [0.2, 0.25) is 0 Å². The lowest BCUT2D eigenvalue weighted by atomic mass is 10.1. The van der Waals surface area contributed by atoms with Crippen molar-refractivity contribution in [2.45, 2.75) is 13.0 Å². The monoisotopic (exact) mass is 232 g/mol. The van der Waals surface area contributed by atoms with Crippen molar-refractivity contribution < 1.29 is 0 Å². The van der Waals surface area contributed by atoms with Gasteiger partial charge in [0.1, 0.15) is 0 Å². The Hall–Kier alpha value is -1.54. The van der Waals surface area contributed by atoms with Crippen molar-refractivity contribution in [3.63, 3.8) is 0 Å². The van der Waals surface area contributed by atoms with Gasteiger partial charge in [-0.3, -0.25) is 4.98 Å². The summed E-state index contributed by atoms with van der Waals surface area (Å²) >= 11 is 5.85. The molecule has 1 unspecified atom stereocenters. The Morgan fingerprint density at radius 2 is 1.94 bits per heavy atom. The Morgan fingerprint density at radius 3 is 2.56 bits per heavy atom. The van der Waals surface area contributed by atoms with Crippen molar-refractivity contribution in [3.05, 3.63) is 59.4 Å². The summed E-state index contributed by atoms with van der Waals surface area (Å²) in [5.74, 6) is 0. The largest absolute Gasteiger partial charge is 0.377 e. The molecule has 0 aliphatic carbocycles. The first-order valence-electron chi connectivity index (χ1n) is 5.18. The molecule has 0 saturated carbocycles. The molecule has 0 spiro atoms. The standard InChI is InChI=1S/C13H13ClN2/c1-10(11-4-6-12(14)7-5-11)16-13-3-2-8-15-9-13/h2-10,16H,1H3. The maximum absolute atomic E-state index is 5.85. The summed E-state index contributed by atoms with van der Waals surface area (Å²) < 4.78 is 0. The second-order valence-corrected chi connectivity index (χ2v) is 4.10. The van der Waals surface area contributed by atoms with E-state index in [0.717, 1.165) is 10.7 Å². The highest BCUT2D eigenvalue weighted by molar-refractivity contribution is 6.30. The Bertz CT molecular complexity index is 439. The summed E-state index contributed by atoms with van der Waals surface area (Å²) in [4.78, 5) is 4.06. The minimum atomic E-state index is 0.237. The van der Waals surface area contributed by atoms with E-state index >= 15 is 0 Å². The maximum atomic E-state index is 5.85. The zero-order valence-electron chi connectivity index (χ0n) is 9.02. The molecule has 1 atom stereocenters. The van der Waals surface area contributed by atoms with Gasteiger partial charge >= 0.3 is 0 Å². The van der Waals surface area contributed by atoms with Gasteiger partial charge in [0.15, 0.2) is 0 Å². The third-order valence-electron chi connectivity index (χ3n) is 2.41. The first kappa shape index (κ1) is 11.0. The molecule has 82 valence electrons. The van der Waals surface area contributed by atoms with Gasteiger partial charge in [0.25, 0.3) is 0 Å². The molecule has 2 aromatic rings. The highest BCUT2D eigenvalue weighted by Gasteiger charge is 2.04. The lowest BCUT2D eigenvalue weighted by Crippen LogP contribution is -2.06. The predicted molar refractivity (Wildman–Crippen MR) is 67.7 cm³/mol. The third-order valence-corrected chi connectivity index (χ3v) is 2.67. The normalized spacial score (nSPS) is 12.1. The quantitative estimate of drug-likeness (QED) is 0.868. The molecule has 1 N–H and O–H groups in total. The average molecular weight is 233 g/mol. The Kier molecular flexibility index (Phi) is 3.42. The molecule has 2 rings (SSSR count). The van der Waals surface area contributed by atoms with E-state index in [1.54, 1.807) is 6.20 Å². The van der Waals surface area contributed by atoms with Crippen LogP contribution in [0.15, 0.2) is 48.8 Å². The van der Waals surface area contributed by atoms with Gasteiger partial charge in [0.05, 0.1) is 5.69 Å². The fraction of sp³-hybridized carbons (Fsp3) is 0.154. The fourth-order valence-corrected chi connectivity index (χ4v) is 1.66. The highest BCUT2D eigenvalue weighted by Crippen LogP contribution is 2.20. The molecule has 2 nitrogen and oxygen atoms in total. The van der Waals surface area contributed by atoms with E-state index in [1.807, 2.05) is 42.6 Å². The number of rotatable bonds is 3. The Morgan fingerprint density at radius 1 is 1.19 bits per heavy atom. The molecule has 0 fully saturated rings. The SMILES string of the molecule is CC(Nc1cccnc1)c1ccc(Cl)cc1. The maximum Gasteiger partial charge on any atom is 0.0531 e. The van der Waals surface area contributed by atoms with Crippen LogP contribution < -0.4 is 5.32 Å². The fourth-order valence-electron chi connectivity index (χ4n) is 1.53. The third kappa shape index (κ3) is 2.74. The van der Waals surface area contributed by atoms with Crippen LogP contribution in [0.3, 0.4) is 0 Å². The van der Waals surface area contributed by atoms with Gasteiger partial charge in [-0.1, -0.05) is 23.7 Å². The second-order valence-electron chi connectivity index (χ2n) is 3.66. The molecule has 0 amide bonds. The predicted octanol–water partition coefficient (Wildman–Crippen LogP) is 3.91. The minimum absolute atomic E-state index is 0.237. The molecule has 1 aromatic carbocycles. The number of aromatic nitrogens is 1. The summed E-state index contributed by atoms with van der Waals surface area (Å²) in [6.07, 6.45) is 3.57. The number of nitrogens with zero attached hydrogens (tertiary/aromatic N) is 1. The number of benzene rings is 1. The molecular formula is C13H13ClN2. The minimum Gasteiger partial charge on any atom is -0.377 e. The van der Waals surface area contributed by atoms with E-state index in [0.29, 0.717) is 0 Å². The van der Waals surface area contributed by atoms with Crippen LogP contribution in [0.25, 0.3) is 0 Å². The topological polar surface area (TPSA) is 24.9 Å². The van der Waals surface area contributed by atoms with E-state index in [4.69, 9.17) is 11.6 Å². The molecular weight excluding hydrogens is 220 g/mol. The number of nitrogens with one attached hydrogen (secondary N) is 1. The van der Waals surface area contributed by atoms with Crippen molar-refractivity contribution in [1.29, 1.82) is 0 Å². The molecule has 0 aliphatic rings. The first-order chi connectivity index (χ1) is 7.75. The van der Waals surface area contributed by atoms with Gasteiger partial charge in [-0.05, 0) is 36.8 Å². The van der Waals surface area contributed by atoms with E-state index in [2.05, 4.69) is 17.2 Å². The van der Waals surface area contributed by atoms with Gasteiger partial charge < -0.3 is 5.32 Å². The first-order valence-corrected chi connectivity index (χ1v) is 5.55. The average Bonchev–Trinajstić information content (AvgIpc) is 2.31. The Labute approximate surface area is 100 Å². The molecule has 0 aliphatic heterocycles. The van der Waals surface area contributed by atoms with Gasteiger partial charge in [0, 0.05) is 23.5 Å². The number of hydrogen-bond acceptors (Lipinski definition) is 2. The van der Waals surface area contributed by atoms with Crippen molar-refractivity contribution in [2.75, 3.05) is 5.32 Å². The number of anilines is 1. The molecule has 1 heterocycles.